The Bertz CT molecular complexity index is 705. The molecule has 5 heteroatoms. The van der Waals surface area contributed by atoms with Crippen molar-refractivity contribution in [3.05, 3.63) is 63.4 Å². The van der Waals surface area contributed by atoms with Crippen molar-refractivity contribution < 1.29 is 14.2 Å². The Hall–Kier alpha value is -1.73. The molecule has 2 rings (SSSR count). The average Bonchev–Trinajstić information content (AvgIpc) is 2.46. The van der Waals surface area contributed by atoms with Gasteiger partial charge in [-0.3, -0.25) is 0 Å². The second-order valence-corrected chi connectivity index (χ2v) is 4.98. The van der Waals surface area contributed by atoms with Gasteiger partial charge in [0.1, 0.15) is 24.8 Å². The van der Waals surface area contributed by atoms with Gasteiger partial charge in [0.05, 0.1) is 10.6 Å². The fourth-order valence-corrected chi connectivity index (χ4v) is 2.11. The van der Waals surface area contributed by atoms with Crippen LogP contribution >= 0.6 is 23.2 Å². The molecule has 0 aliphatic rings. The molecular weight excluding hydrogens is 314 g/mol. The summed E-state index contributed by atoms with van der Waals surface area (Å²) in [5, 5.41) is 9.58. The summed E-state index contributed by atoms with van der Waals surface area (Å²) < 4.78 is 19.1. The van der Waals surface area contributed by atoms with E-state index >= 15 is 0 Å². The van der Waals surface area contributed by atoms with E-state index in [4.69, 9.17) is 33.0 Å². The van der Waals surface area contributed by atoms with Crippen molar-refractivity contribution in [1.82, 2.24) is 0 Å². The maximum atomic E-state index is 13.5. The highest BCUT2D eigenvalue weighted by atomic mass is 35.5. The van der Waals surface area contributed by atoms with Crippen molar-refractivity contribution in [2.45, 2.75) is 6.61 Å². The van der Waals surface area contributed by atoms with Gasteiger partial charge in [-0.2, -0.15) is 0 Å². The molecule has 0 bridgehead atoms. The largest absolute Gasteiger partial charge is 0.487 e. The van der Waals surface area contributed by atoms with Crippen LogP contribution in [0.4, 0.5) is 4.39 Å². The summed E-state index contributed by atoms with van der Waals surface area (Å²) in [4.78, 5) is 0. The van der Waals surface area contributed by atoms with Crippen LogP contribution in [-0.2, 0) is 6.61 Å². The van der Waals surface area contributed by atoms with E-state index < -0.39 is 5.82 Å². The minimum atomic E-state index is -0.441. The molecule has 108 valence electrons. The summed E-state index contributed by atoms with van der Waals surface area (Å²) >= 11 is 11.8. The normalized spacial score (nSPS) is 9.90. The Labute approximate surface area is 132 Å². The summed E-state index contributed by atoms with van der Waals surface area (Å²) in [5.41, 5.74) is 0.956. The maximum absolute atomic E-state index is 13.5. The molecule has 0 aliphatic heterocycles. The Kier molecular flexibility index (Phi) is 5.46. The lowest BCUT2D eigenvalue weighted by Crippen LogP contribution is -1.97. The number of rotatable bonds is 3. The van der Waals surface area contributed by atoms with Gasteiger partial charge in [-0.05, 0) is 35.9 Å². The smallest absolute Gasteiger partial charge is 0.138 e. The van der Waals surface area contributed by atoms with Crippen molar-refractivity contribution in [2.24, 2.45) is 0 Å². The van der Waals surface area contributed by atoms with Crippen LogP contribution in [0.3, 0.4) is 0 Å². The molecule has 2 aromatic carbocycles. The third-order valence-corrected chi connectivity index (χ3v) is 3.15. The molecule has 0 spiro atoms. The summed E-state index contributed by atoms with van der Waals surface area (Å²) in [6.45, 7) is -0.101. The number of hydrogen-bond acceptors (Lipinski definition) is 2. The lowest BCUT2D eigenvalue weighted by Gasteiger charge is -2.09. The molecule has 0 radical (unpaired) electrons. The van der Waals surface area contributed by atoms with E-state index in [1.165, 1.54) is 6.07 Å². The zero-order valence-corrected chi connectivity index (χ0v) is 12.4. The van der Waals surface area contributed by atoms with Gasteiger partial charge in [0.2, 0.25) is 0 Å². The predicted molar refractivity (Wildman–Crippen MR) is 81.2 cm³/mol. The lowest BCUT2D eigenvalue weighted by atomic mass is 10.1. The molecule has 21 heavy (non-hydrogen) atoms. The first-order chi connectivity index (χ1) is 10.1. The molecule has 0 aliphatic carbocycles. The van der Waals surface area contributed by atoms with Crippen molar-refractivity contribution in [3.63, 3.8) is 0 Å². The fraction of sp³-hybridized carbons (Fsp3) is 0.125. The lowest BCUT2D eigenvalue weighted by molar-refractivity contribution is 0.306. The van der Waals surface area contributed by atoms with Gasteiger partial charge in [-0.25, -0.2) is 4.39 Å². The molecule has 0 amide bonds. The minimum Gasteiger partial charge on any atom is -0.487 e. The molecule has 1 N–H and O–H groups in total. The van der Waals surface area contributed by atoms with E-state index in [-0.39, 0.29) is 18.8 Å². The van der Waals surface area contributed by atoms with Gasteiger partial charge in [-0.1, -0.05) is 41.1 Å². The van der Waals surface area contributed by atoms with E-state index in [9.17, 15) is 4.39 Å². The minimum absolute atomic E-state index is 0.215. The SMILES string of the molecule is OCC#Cc1cc(COc2ccc(Cl)cc2Cl)ccc1F. The van der Waals surface area contributed by atoms with Crippen LogP contribution in [-0.4, -0.2) is 11.7 Å². The number of aliphatic hydroxyl groups is 1. The van der Waals surface area contributed by atoms with Crippen molar-refractivity contribution in [1.29, 1.82) is 0 Å². The number of benzene rings is 2. The summed E-state index contributed by atoms with van der Waals surface area (Å²) in [6, 6.07) is 9.40. The molecule has 0 atom stereocenters. The van der Waals surface area contributed by atoms with Crippen LogP contribution in [0.1, 0.15) is 11.1 Å². The van der Waals surface area contributed by atoms with Crippen LogP contribution in [0.2, 0.25) is 10.0 Å². The van der Waals surface area contributed by atoms with Gasteiger partial charge < -0.3 is 9.84 Å². The Balaban J connectivity index is 2.13. The first-order valence-corrected chi connectivity index (χ1v) is 6.82. The van der Waals surface area contributed by atoms with E-state index in [2.05, 4.69) is 11.8 Å². The van der Waals surface area contributed by atoms with E-state index in [1.807, 2.05) is 0 Å². The van der Waals surface area contributed by atoms with E-state index in [1.54, 1.807) is 30.3 Å². The topological polar surface area (TPSA) is 29.5 Å². The molecule has 2 aromatic rings. The van der Waals surface area contributed by atoms with Gasteiger partial charge in [0.15, 0.2) is 0 Å². The highest BCUT2D eigenvalue weighted by Crippen LogP contribution is 2.28. The molecule has 0 aromatic heterocycles. The van der Waals surface area contributed by atoms with Crippen LogP contribution < -0.4 is 4.74 Å². The fourth-order valence-electron chi connectivity index (χ4n) is 1.65. The number of ether oxygens (including phenoxy) is 1. The van der Waals surface area contributed by atoms with Crippen molar-refractivity contribution in [2.75, 3.05) is 6.61 Å². The Morgan fingerprint density at radius 3 is 2.67 bits per heavy atom. The number of hydrogen-bond donors (Lipinski definition) is 1. The Morgan fingerprint density at radius 1 is 1.14 bits per heavy atom. The molecule has 0 saturated carbocycles. The zero-order chi connectivity index (χ0) is 15.2. The average molecular weight is 325 g/mol. The number of halogens is 3. The predicted octanol–water partition coefficient (Wildman–Crippen LogP) is 4.06. The van der Waals surface area contributed by atoms with Gasteiger partial charge >= 0.3 is 0 Å². The van der Waals surface area contributed by atoms with Crippen LogP contribution in [0, 0.1) is 17.7 Å². The van der Waals surface area contributed by atoms with Crippen LogP contribution in [0.15, 0.2) is 36.4 Å². The molecular formula is C16H11Cl2FO2. The highest BCUT2D eigenvalue weighted by molar-refractivity contribution is 6.35. The monoisotopic (exact) mass is 324 g/mol. The summed E-state index contributed by atoms with van der Waals surface area (Å²) in [6.07, 6.45) is 0. The quantitative estimate of drug-likeness (QED) is 0.863. The van der Waals surface area contributed by atoms with Gasteiger partial charge in [0.25, 0.3) is 0 Å². The first kappa shape index (κ1) is 15.7. The summed E-state index contributed by atoms with van der Waals surface area (Å²) in [7, 11) is 0. The van der Waals surface area contributed by atoms with Gasteiger partial charge in [-0.15, -0.1) is 0 Å². The Morgan fingerprint density at radius 2 is 1.95 bits per heavy atom. The number of aliphatic hydroxyl groups excluding tert-OH is 1. The van der Waals surface area contributed by atoms with E-state index in [0.29, 0.717) is 15.8 Å². The third-order valence-electron chi connectivity index (χ3n) is 2.62. The second kappa shape index (κ2) is 7.33. The van der Waals surface area contributed by atoms with E-state index in [0.717, 1.165) is 5.56 Å². The molecule has 0 saturated heterocycles. The highest BCUT2D eigenvalue weighted by Gasteiger charge is 2.05. The summed E-state index contributed by atoms with van der Waals surface area (Å²) in [5.74, 6) is 5.01. The van der Waals surface area contributed by atoms with Crippen LogP contribution in [0.25, 0.3) is 0 Å². The first-order valence-electron chi connectivity index (χ1n) is 6.06. The molecule has 0 heterocycles. The van der Waals surface area contributed by atoms with Gasteiger partial charge in [0, 0.05) is 5.02 Å². The molecule has 2 nitrogen and oxygen atoms in total. The standard InChI is InChI=1S/C16H11Cl2FO2/c17-13-4-6-16(14(18)9-13)21-10-11-3-5-15(19)12(8-11)2-1-7-20/h3-6,8-9,20H,7,10H2. The maximum Gasteiger partial charge on any atom is 0.138 e. The van der Waals surface area contributed by atoms with Crippen molar-refractivity contribution >= 4 is 23.2 Å². The zero-order valence-electron chi connectivity index (χ0n) is 10.9. The molecule has 0 unspecified atom stereocenters. The third kappa shape index (κ3) is 4.37. The molecule has 0 fully saturated rings. The second-order valence-electron chi connectivity index (χ2n) is 4.14. The van der Waals surface area contributed by atoms with Crippen LogP contribution in [0.5, 0.6) is 5.75 Å². The van der Waals surface area contributed by atoms with Crippen molar-refractivity contribution in [3.8, 4) is 17.6 Å².